The summed E-state index contributed by atoms with van der Waals surface area (Å²) in [6, 6.07) is 6.87. The fourth-order valence-corrected chi connectivity index (χ4v) is 3.16. The number of nitrogens with zero attached hydrogens (tertiary/aromatic N) is 1. The summed E-state index contributed by atoms with van der Waals surface area (Å²) in [6.45, 7) is 3.56. The van der Waals surface area contributed by atoms with Crippen LogP contribution in [0.5, 0.6) is 0 Å². The Morgan fingerprint density at radius 2 is 1.89 bits per heavy atom. The van der Waals surface area contributed by atoms with Crippen molar-refractivity contribution < 1.29 is 12.9 Å². The molecule has 1 aromatic heterocycles. The number of aryl methyl sites for hydroxylation is 2. The zero-order valence-corrected chi connectivity index (χ0v) is 11.5. The van der Waals surface area contributed by atoms with Gasteiger partial charge in [0.2, 0.25) is 0 Å². The Hall–Kier alpha value is -1.86. The van der Waals surface area contributed by atoms with E-state index in [9.17, 15) is 8.42 Å². The summed E-state index contributed by atoms with van der Waals surface area (Å²) in [4.78, 5) is 0.0791. The van der Waals surface area contributed by atoms with Gasteiger partial charge in [0.05, 0.1) is 0 Å². The highest BCUT2D eigenvalue weighted by Crippen LogP contribution is 2.22. The summed E-state index contributed by atoms with van der Waals surface area (Å²) in [5.74, 6) is 0.267. The van der Waals surface area contributed by atoms with Gasteiger partial charge in [-0.15, -0.1) is 0 Å². The summed E-state index contributed by atoms with van der Waals surface area (Å²) in [5, 5.41) is 3.64. The highest BCUT2D eigenvalue weighted by Gasteiger charge is 2.24. The molecule has 0 fully saturated rings. The molecule has 0 aliphatic carbocycles. The minimum Gasteiger partial charge on any atom is -0.360 e. The van der Waals surface area contributed by atoms with Crippen LogP contribution < -0.4 is 10.5 Å². The molecule has 0 aliphatic rings. The highest BCUT2D eigenvalue weighted by molar-refractivity contribution is 7.92. The zero-order valence-electron chi connectivity index (χ0n) is 10.7. The van der Waals surface area contributed by atoms with Crippen molar-refractivity contribution in [3.63, 3.8) is 0 Å². The number of nitrogens with two attached hydrogens (primary N) is 1. The van der Waals surface area contributed by atoms with Crippen LogP contribution in [-0.4, -0.2) is 13.6 Å². The van der Waals surface area contributed by atoms with Gasteiger partial charge < -0.3 is 10.3 Å². The van der Waals surface area contributed by atoms with Crippen LogP contribution in [-0.2, 0) is 16.6 Å². The first-order valence-corrected chi connectivity index (χ1v) is 7.17. The summed E-state index contributed by atoms with van der Waals surface area (Å²) in [7, 11) is -3.69. The molecule has 7 heteroatoms. The van der Waals surface area contributed by atoms with Gasteiger partial charge in [0.15, 0.2) is 10.7 Å². The first-order valence-electron chi connectivity index (χ1n) is 5.69. The number of aromatic nitrogens is 1. The van der Waals surface area contributed by atoms with Crippen LogP contribution in [0.1, 0.15) is 17.0 Å². The van der Waals surface area contributed by atoms with Crippen LogP contribution in [0.3, 0.4) is 0 Å². The van der Waals surface area contributed by atoms with Crippen LogP contribution in [0.25, 0.3) is 0 Å². The number of sulfonamides is 1. The number of anilines is 1. The second-order valence-electron chi connectivity index (χ2n) is 4.16. The quantitative estimate of drug-likeness (QED) is 0.886. The van der Waals surface area contributed by atoms with Crippen molar-refractivity contribution in [2.75, 3.05) is 4.72 Å². The molecule has 0 saturated carbocycles. The molecular weight excluding hydrogens is 266 g/mol. The van der Waals surface area contributed by atoms with Crippen LogP contribution in [0.2, 0.25) is 0 Å². The zero-order chi connectivity index (χ0) is 14.0. The average molecular weight is 281 g/mol. The standard InChI is InChI=1S/C12H15N3O3S/c1-8-12(9(2)18-14-8)19(16,17)15-11-5-3-10(7-13)4-6-11/h3-6,15H,7,13H2,1-2H3. The maximum atomic E-state index is 12.2. The number of rotatable bonds is 4. The Morgan fingerprint density at radius 1 is 1.26 bits per heavy atom. The van der Waals surface area contributed by atoms with Crippen molar-refractivity contribution in [2.45, 2.75) is 25.3 Å². The van der Waals surface area contributed by atoms with E-state index in [0.29, 0.717) is 17.9 Å². The minimum atomic E-state index is -3.69. The molecule has 102 valence electrons. The average Bonchev–Trinajstić information content (AvgIpc) is 2.70. The Labute approximate surface area is 111 Å². The lowest BCUT2D eigenvalue weighted by Gasteiger charge is -2.08. The molecule has 2 rings (SSSR count). The maximum absolute atomic E-state index is 12.2. The van der Waals surface area contributed by atoms with E-state index < -0.39 is 10.0 Å². The molecule has 2 aromatic rings. The predicted molar refractivity (Wildman–Crippen MR) is 71.1 cm³/mol. The second kappa shape index (κ2) is 5.02. The van der Waals surface area contributed by atoms with Crippen molar-refractivity contribution in [2.24, 2.45) is 5.73 Å². The van der Waals surface area contributed by atoms with Crippen molar-refractivity contribution in [3.05, 3.63) is 41.3 Å². The normalized spacial score (nSPS) is 11.5. The summed E-state index contributed by atoms with van der Waals surface area (Å²) < 4.78 is 31.8. The summed E-state index contributed by atoms with van der Waals surface area (Å²) in [6.07, 6.45) is 0. The van der Waals surface area contributed by atoms with E-state index >= 15 is 0 Å². The molecule has 0 unspecified atom stereocenters. The summed E-state index contributed by atoms with van der Waals surface area (Å²) in [5.41, 5.74) is 7.22. The number of nitrogens with one attached hydrogen (secondary N) is 1. The smallest absolute Gasteiger partial charge is 0.267 e. The topological polar surface area (TPSA) is 98.2 Å². The number of hydrogen-bond donors (Lipinski definition) is 2. The lowest BCUT2D eigenvalue weighted by molar-refractivity contribution is 0.390. The van der Waals surface area contributed by atoms with E-state index in [4.69, 9.17) is 10.3 Å². The Balaban J connectivity index is 2.31. The van der Waals surface area contributed by atoms with Crippen molar-refractivity contribution in [1.82, 2.24) is 5.16 Å². The lowest BCUT2D eigenvalue weighted by Crippen LogP contribution is -2.14. The molecule has 0 bridgehead atoms. The molecule has 0 radical (unpaired) electrons. The van der Waals surface area contributed by atoms with E-state index in [1.807, 2.05) is 0 Å². The maximum Gasteiger partial charge on any atom is 0.267 e. The van der Waals surface area contributed by atoms with E-state index in [0.717, 1.165) is 5.56 Å². The molecule has 1 aromatic carbocycles. The van der Waals surface area contributed by atoms with Gasteiger partial charge in [0.25, 0.3) is 10.0 Å². The first kappa shape index (κ1) is 13.6. The highest BCUT2D eigenvalue weighted by atomic mass is 32.2. The van der Waals surface area contributed by atoms with Crippen molar-refractivity contribution >= 4 is 15.7 Å². The Kier molecular flexibility index (Phi) is 3.59. The van der Waals surface area contributed by atoms with Crippen molar-refractivity contribution in [1.29, 1.82) is 0 Å². The Morgan fingerprint density at radius 3 is 2.37 bits per heavy atom. The lowest BCUT2D eigenvalue weighted by atomic mass is 10.2. The molecule has 0 amide bonds. The summed E-state index contributed by atoms with van der Waals surface area (Å²) >= 11 is 0. The second-order valence-corrected chi connectivity index (χ2v) is 5.78. The molecule has 6 nitrogen and oxygen atoms in total. The SMILES string of the molecule is Cc1noc(C)c1S(=O)(=O)Nc1ccc(CN)cc1. The van der Waals surface area contributed by atoms with Gasteiger partial charge >= 0.3 is 0 Å². The van der Waals surface area contributed by atoms with Crippen LogP contribution >= 0.6 is 0 Å². The van der Waals surface area contributed by atoms with Gasteiger partial charge in [-0.25, -0.2) is 8.42 Å². The molecular formula is C12H15N3O3S. The van der Waals surface area contributed by atoms with E-state index in [2.05, 4.69) is 9.88 Å². The largest absolute Gasteiger partial charge is 0.360 e. The molecule has 0 spiro atoms. The van der Waals surface area contributed by atoms with E-state index in [-0.39, 0.29) is 10.7 Å². The van der Waals surface area contributed by atoms with E-state index in [1.165, 1.54) is 0 Å². The van der Waals surface area contributed by atoms with Crippen molar-refractivity contribution in [3.8, 4) is 0 Å². The molecule has 3 N–H and O–H groups in total. The third-order valence-corrected chi connectivity index (χ3v) is 4.30. The third kappa shape index (κ3) is 2.77. The van der Waals surface area contributed by atoms with Gasteiger partial charge in [0, 0.05) is 12.2 Å². The third-order valence-electron chi connectivity index (χ3n) is 2.68. The van der Waals surface area contributed by atoms with Gasteiger partial charge in [0.1, 0.15) is 5.69 Å². The molecule has 0 saturated heterocycles. The molecule has 1 heterocycles. The van der Waals surface area contributed by atoms with Gasteiger partial charge in [-0.2, -0.15) is 0 Å². The van der Waals surface area contributed by atoms with E-state index in [1.54, 1.807) is 38.1 Å². The monoisotopic (exact) mass is 281 g/mol. The van der Waals surface area contributed by atoms with Crippen LogP contribution in [0.15, 0.2) is 33.7 Å². The number of hydrogen-bond acceptors (Lipinski definition) is 5. The molecule has 0 atom stereocenters. The number of benzene rings is 1. The van der Waals surface area contributed by atoms with Gasteiger partial charge in [-0.05, 0) is 31.5 Å². The molecule has 19 heavy (non-hydrogen) atoms. The van der Waals surface area contributed by atoms with Gasteiger partial charge in [-0.3, -0.25) is 4.72 Å². The fraction of sp³-hybridized carbons (Fsp3) is 0.250. The predicted octanol–water partition coefficient (Wildman–Crippen LogP) is 1.55. The molecule has 0 aliphatic heterocycles. The first-order chi connectivity index (χ1) is 8.94. The van der Waals surface area contributed by atoms with Crippen LogP contribution in [0, 0.1) is 13.8 Å². The van der Waals surface area contributed by atoms with Gasteiger partial charge in [-0.1, -0.05) is 17.3 Å². The van der Waals surface area contributed by atoms with Crippen LogP contribution in [0.4, 0.5) is 5.69 Å². The minimum absolute atomic E-state index is 0.0791. The fourth-order valence-electron chi connectivity index (χ4n) is 1.77. The Bertz CT molecular complexity index is 655.